The Bertz CT molecular complexity index is 1270. The number of hydrogen-bond acceptors (Lipinski definition) is 7. The van der Waals surface area contributed by atoms with Crippen LogP contribution in [0.3, 0.4) is 0 Å². The molecular formula is C31H40O7. The molecule has 206 valence electrons. The van der Waals surface area contributed by atoms with Gasteiger partial charge in [0.15, 0.2) is 0 Å². The van der Waals surface area contributed by atoms with Gasteiger partial charge in [-0.3, -0.25) is 4.79 Å². The molecule has 7 heteroatoms. The predicted molar refractivity (Wildman–Crippen MR) is 141 cm³/mol. The molecule has 1 saturated heterocycles. The molecule has 9 atom stereocenters. The molecule has 9 unspecified atom stereocenters. The third kappa shape index (κ3) is 3.04. The summed E-state index contributed by atoms with van der Waals surface area (Å²) in [5, 5.41) is 24.0. The largest absolute Gasteiger partial charge is 0.496 e. The van der Waals surface area contributed by atoms with Gasteiger partial charge in [-0.25, -0.2) is 0 Å². The first-order valence-corrected chi connectivity index (χ1v) is 13.8. The lowest BCUT2D eigenvalue weighted by Gasteiger charge is -2.64. The van der Waals surface area contributed by atoms with Crippen molar-refractivity contribution in [3.63, 3.8) is 0 Å². The number of furan rings is 1. The molecule has 0 spiro atoms. The second-order valence-corrected chi connectivity index (χ2v) is 13.1. The zero-order valence-electron chi connectivity index (χ0n) is 23.4. The second kappa shape index (κ2) is 8.33. The second-order valence-electron chi connectivity index (χ2n) is 13.1. The number of aliphatic hydroxyl groups excluding tert-OH is 2. The summed E-state index contributed by atoms with van der Waals surface area (Å²) in [6, 6.07) is 4.01. The van der Waals surface area contributed by atoms with Gasteiger partial charge in [0.05, 0.1) is 50.5 Å². The molecule has 0 radical (unpaired) electrons. The number of carbonyl (C=O) groups excluding carboxylic acids is 1. The van der Waals surface area contributed by atoms with Gasteiger partial charge in [0.25, 0.3) is 0 Å². The number of carbonyl (C=O) groups is 1. The molecule has 3 fully saturated rings. The van der Waals surface area contributed by atoms with Crippen LogP contribution < -0.4 is 4.74 Å². The third-order valence-corrected chi connectivity index (χ3v) is 11.0. The normalized spacial score (nSPS) is 41.0. The highest BCUT2D eigenvalue weighted by Crippen LogP contribution is 2.71. The van der Waals surface area contributed by atoms with Crippen LogP contribution in [0.4, 0.5) is 0 Å². The summed E-state index contributed by atoms with van der Waals surface area (Å²) in [6.45, 7) is 12.6. The molecule has 0 amide bonds. The lowest BCUT2D eigenvalue weighted by atomic mass is 9.41. The Morgan fingerprint density at radius 2 is 1.95 bits per heavy atom. The minimum atomic E-state index is -0.788. The van der Waals surface area contributed by atoms with Crippen molar-refractivity contribution in [3.05, 3.63) is 41.3 Å². The van der Waals surface area contributed by atoms with Crippen molar-refractivity contribution in [2.24, 2.45) is 28.6 Å². The first-order chi connectivity index (χ1) is 17.9. The van der Waals surface area contributed by atoms with Crippen LogP contribution in [0.5, 0.6) is 5.75 Å². The zero-order valence-corrected chi connectivity index (χ0v) is 23.4. The van der Waals surface area contributed by atoms with Gasteiger partial charge in [0, 0.05) is 39.7 Å². The molecule has 1 aromatic heterocycles. The van der Waals surface area contributed by atoms with Gasteiger partial charge in [-0.15, -0.1) is 0 Å². The van der Waals surface area contributed by atoms with E-state index in [1.165, 1.54) is 5.56 Å². The van der Waals surface area contributed by atoms with E-state index in [4.69, 9.17) is 18.6 Å². The molecule has 4 aliphatic rings. The summed E-state index contributed by atoms with van der Waals surface area (Å²) >= 11 is 0. The number of aliphatic hydroxyl groups is 2. The summed E-state index contributed by atoms with van der Waals surface area (Å²) in [5.41, 5.74) is 3.60. The molecule has 2 saturated carbocycles. The number of hydrogen-bond donors (Lipinski definition) is 2. The summed E-state index contributed by atoms with van der Waals surface area (Å²) in [5.74, 6) is 0.0169. The highest BCUT2D eigenvalue weighted by atomic mass is 16.6. The van der Waals surface area contributed by atoms with E-state index in [1.807, 2.05) is 19.9 Å². The molecule has 6 rings (SSSR count). The van der Waals surface area contributed by atoms with Gasteiger partial charge in [-0.2, -0.15) is 0 Å². The Kier molecular flexibility index (Phi) is 5.67. The Labute approximate surface area is 224 Å². The highest BCUT2D eigenvalue weighted by molar-refractivity contribution is 5.77. The van der Waals surface area contributed by atoms with Crippen LogP contribution in [-0.2, 0) is 26.1 Å². The van der Waals surface area contributed by atoms with Crippen LogP contribution in [0.2, 0.25) is 0 Å². The fourth-order valence-electron chi connectivity index (χ4n) is 8.98. The summed E-state index contributed by atoms with van der Waals surface area (Å²) in [6.07, 6.45) is 2.03. The number of fused-ring (bicyclic) bond motifs is 4. The molecule has 38 heavy (non-hydrogen) atoms. The van der Waals surface area contributed by atoms with Crippen LogP contribution in [0, 0.1) is 35.5 Å². The van der Waals surface area contributed by atoms with E-state index in [0.29, 0.717) is 13.0 Å². The molecule has 1 aromatic carbocycles. The molecule has 2 N–H and O–H groups in total. The van der Waals surface area contributed by atoms with Crippen molar-refractivity contribution in [1.29, 1.82) is 0 Å². The minimum absolute atomic E-state index is 0.0398. The van der Waals surface area contributed by atoms with Crippen molar-refractivity contribution in [2.45, 2.75) is 84.2 Å². The van der Waals surface area contributed by atoms with Crippen molar-refractivity contribution >= 4 is 5.97 Å². The molecular weight excluding hydrogens is 484 g/mol. The fraction of sp³-hybridized carbons (Fsp3) is 0.645. The van der Waals surface area contributed by atoms with Gasteiger partial charge in [-0.05, 0) is 48.1 Å². The molecule has 3 aliphatic carbocycles. The Balaban J connectivity index is 1.49. The van der Waals surface area contributed by atoms with Crippen LogP contribution >= 0.6 is 0 Å². The van der Waals surface area contributed by atoms with Crippen molar-refractivity contribution in [2.75, 3.05) is 13.7 Å². The van der Waals surface area contributed by atoms with E-state index in [9.17, 15) is 15.0 Å². The molecule has 2 heterocycles. The number of methoxy groups -OCH3 is 1. The Hall–Kier alpha value is -2.35. The first-order valence-electron chi connectivity index (χ1n) is 13.8. The van der Waals surface area contributed by atoms with Crippen molar-refractivity contribution in [1.82, 2.24) is 0 Å². The predicted octanol–water partition coefficient (Wildman–Crippen LogP) is 4.43. The molecule has 0 bridgehead atoms. The zero-order chi connectivity index (χ0) is 27.4. The van der Waals surface area contributed by atoms with E-state index in [0.717, 1.165) is 34.4 Å². The summed E-state index contributed by atoms with van der Waals surface area (Å²) in [4.78, 5) is 12.6. The van der Waals surface area contributed by atoms with Crippen LogP contribution in [0.15, 0.2) is 29.1 Å². The lowest BCUT2D eigenvalue weighted by molar-refractivity contribution is -0.237. The number of rotatable bonds is 4. The van der Waals surface area contributed by atoms with Gasteiger partial charge in [0.1, 0.15) is 11.9 Å². The standard InChI is InChI=1S/C31H40O7/c1-15(2)28(34)38-23-12-22(32)31(6)21-10-18-16(3)24(17-8-9-36-13-17)20(35-7)11-19(18)30(21,5)27(33)25-26(31)29(23,4)14-37-25/h8-9,11,13,15,21-23,25-27,32-33H,10,12,14H2,1-7H3. The smallest absolute Gasteiger partial charge is 0.308 e. The number of benzene rings is 1. The Morgan fingerprint density at radius 3 is 2.58 bits per heavy atom. The van der Waals surface area contributed by atoms with Gasteiger partial charge >= 0.3 is 5.97 Å². The SMILES string of the molecule is COc1cc2c(c(C)c1-c1ccoc1)CC1C2(C)C(O)C2OCC3(C)C(OC(=O)C(C)C)CC(O)C1(C)C23. The Morgan fingerprint density at radius 1 is 1.21 bits per heavy atom. The lowest BCUT2D eigenvalue weighted by Crippen LogP contribution is -2.71. The monoisotopic (exact) mass is 524 g/mol. The highest BCUT2D eigenvalue weighted by Gasteiger charge is 2.75. The number of esters is 1. The average Bonchev–Trinajstić information content (AvgIpc) is 3.60. The first kappa shape index (κ1) is 25.9. The maximum atomic E-state index is 12.6. The fourth-order valence-corrected chi connectivity index (χ4v) is 8.98. The van der Waals surface area contributed by atoms with E-state index in [1.54, 1.807) is 19.6 Å². The van der Waals surface area contributed by atoms with Gasteiger partial charge in [-0.1, -0.05) is 34.6 Å². The minimum Gasteiger partial charge on any atom is -0.496 e. The third-order valence-electron chi connectivity index (χ3n) is 11.0. The maximum Gasteiger partial charge on any atom is 0.308 e. The maximum absolute atomic E-state index is 12.6. The van der Waals surface area contributed by atoms with E-state index in [2.05, 4.69) is 33.8 Å². The van der Waals surface area contributed by atoms with Gasteiger partial charge < -0.3 is 28.8 Å². The molecule has 2 aromatic rings. The quantitative estimate of drug-likeness (QED) is 0.571. The van der Waals surface area contributed by atoms with E-state index >= 15 is 0 Å². The molecule has 7 nitrogen and oxygen atoms in total. The van der Waals surface area contributed by atoms with Crippen molar-refractivity contribution < 1.29 is 33.6 Å². The van der Waals surface area contributed by atoms with Crippen LogP contribution in [-0.4, -0.2) is 54.3 Å². The van der Waals surface area contributed by atoms with Crippen LogP contribution in [0.25, 0.3) is 11.1 Å². The average molecular weight is 525 g/mol. The van der Waals surface area contributed by atoms with Crippen molar-refractivity contribution in [3.8, 4) is 16.9 Å². The molecule has 1 aliphatic heterocycles. The summed E-state index contributed by atoms with van der Waals surface area (Å²) in [7, 11) is 1.67. The number of ether oxygens (including phenoxy) is 3. The van der Waals surface area contributed by atoms with Crippen LogP contribution in [0.1, 0.15) is 57.7 Å². The van der Waals surface area contributed by atoms with E-state index in [-0.39, 0.29) is 23.7 Å². The topological polar surface area (TPSA) is 98.4 Å². The van der Waals surface area contributed by atoms with Gasteiger partial charge in [0.2, 0.25) is 0 Å². The summed E-state index contributed by atoms with van der Waals surface area (Å²) < 4.78 is 23.7. The van der Waals surface area contributed by atoms with E-state index < -0.39 is 40.7 Å².